The SMILES string of the molecule is [2H]OCC#N. The van der Waals surface area contributed by atoms with Crippen LogP contribution in [0.25, 0.3) is 0 Å². The summed E-state index contributed by atoms with van der Waals surface area (Å²) in [5.74, 6) is 0. The average molecular weight is 58.1 g/mol. The van der Waals surface area contributed by atoms with Crippen molar-refractivity contribution in [2.24, 2.45) is 0 Å². The topological polar surface area (TPSA) is 44.0 Å². The predicted octanol–water partition coefficient (Wildman–Crippen LogP) is -0.498. The monoisotopic (exact) mass is 58.0 g/mol. The number of hydrogen-bond acceptors (Lipinski definition) is 2. The number of aliphatic hydroxyl groups is 1. The molecule has 2 heteroatoms. The van der Waals surface area contributed by atoms with Crippen molar-refractivity contribution in [3.63, 3.8) is 0 Å². The van der Waals surface area contributed by atoms with Gasteiger partial charge in [0.2, 0.25) is 1.43 Å². The van der Waals surface area contributed by atoms with Gasteiger partial charge in [0.05, 0.1) is 6.07 Å². The van der Waals surface area contributed by atoms with Gasteiger partial charge in [-0.1, -0.05) is 0 Å². The molecule has 0 aromatic carbocycles. The Morgan fingerprint density at radius 2 is 3.25 bits per heavy atom. The Balaban J connectivity index is 2.48. The third-order valence-electron chi connectivity index (χ3n) is 0.0645. The number of hydrogen-bond donors (Lipinski definition) is 1. The number of nitrogens with zero attached hydrogens (tertiary/aromatic N) is 1. The summed E-state index contributed by atoms with van der Waals surface area (Å²) in [6.07, 6.45) is 0. The molecule has 0 aromatic heterocycles. The Hall–Kier alpha value is -0.550. The molecular weight excluding hydrogens is 54.0 g/mol. The van der Waals surface area contributed by atoms with E-state index in [-0.39, 0.29) is 6.61 Å². The van der Waals surface area contributed by atoms with Gasteiger partial charge >= 0.3 is 0 Å². The molecule has 0 bridgehead atoms. The summed E-state index contributed by atoms with van der Waals surface area (Å²) in [4.78, 5) is 0. The molecule has 0 amide bonds. The number of nitriles is 1. The van der Waals surface area contributed by atoms with Crippen LogP contribution in [0.3, 0.4) is 0 Å². The highest BCUT2D eigenvalue weighted by molar-refractivity contribution is 4.63. The fourth-order valence-corrected chi connectivity index (χ4v) is 0. The lowest BCUT2D eigenvalue weighted by molar-refractivity contribution is 0.348. The zero-order valence-electron chi connectivity index (χ0n) is 3.06. The molecule has 0 saturated heterocycles. The molecule has 4 heavy (non-hydrogen) atoms. The van der Waals surface area contributed by atoms with E-state index < -0.39 is 0 Å². The Bertz CT molecular complexity index is 48.1. The highest BCUT2D eigenvalue weighted by atomic mass is 16.2. The standard InChI is InChI=1S/C2H3NO/c3-1-2-4/h4H,2H2/i4D. The van der Waals surface area contributed by atoms with Crippen LogP contribution in [0, 0.1) is 11.3 Å². The third-order valence-corrected chi connectivity index (χ3v) is 0.0645. The lowest BCUT2D eigenvalue weighted by Gasteiger charge is -1.50. The second-order valence-electron chi connectivity index (χ2n) is 0.302. The van der Waals surface area contributed by atoms with Gasteiger partial charge in [0.25, 0.3) is 0 Å². The summed E-state index contributed by atoms with van der Waals surface area (Å²) in [7, 11) is 0. The van der Waals surface area contributed by atoms with Crippen molar-refractivity contribution in [1.82, 2.24) is 0 Å². The molecule has 0 atom stereocenters. The van der Waals surface area contributed by atoms with E-state index in [1.807, 2.05) is 0 Å². The van der Waals surface area contributed by atoms with Crippen LogP contribution in [0.5, 0.6) is 0 Å². The van der Waals surface area contributed by atoms with Gasteiger partial charge < -0.3 is 5.11 Å². The summed E-state index contributed by atoms with van der Waals surface area (Å²) < 4.78 is 5.88. The minimum atomic E-state index is -0.139. The highest BCUT2D eigenvalue weighted by Gasteiger charge is 1.49. The molecule has 0 unspecified atom stereocenters. The van der Waals surface area contributed by atoms with Gasteiger partial charge in [0, 0.05) is 0 Å². The molecule has 0 rings (SSSR count). The van der Waals surface area contributed by atoms with E-state index >= 15 is 0 Å². The molecule has 0 aliphatic carbocycles. The van der Waals surface area contributed by atoms with E-state index in [2.05, 4.69) is 5.11 Å². The van der Waals surface area contributed by atoms with Crippen LogP contribution in [0.2, 0.25) is 0 Å². The van der Waals surface area contributed by atoms with Gasteiger partial charge in [0.1, 0.15) is 6.61 Å². The molecule has 0 radical (unpaired) electrons. The van der Waals surface area contributed by atoms with Crippen molar-refractivity contribution in [2.45, 2.75) is 0 Å². The Kier molecular flexibility index (Phi) is 1.07. The number of aliphatic hydroxyl groups excluding tert-OH is 1. The van der Waals surface area contributed by atoms with Crippen molar-refractivity contribution in [1.29, 1.82) is 6.69 Å². The van der Waals surface area contributed by atoms with Crippen molar-refractivity contribution >= 4 is 0 Å². The van der Waals surface area contributed by atoms with Crippen molar-refractivity contribution in [2.75, 3.05) is 6.61 Å². The maximum atomic E-state index is 7.57. The van der Waals surface area contributed by atoms with E-state index in [9.17, 15) is 0 Å². The molecular formula is C2H3NO. The predicted molar refractivity (Wildman–Crippen MR) is 12.7 cm³/mol. The van der Waals surface area contributed by atoms with Crippen LogP contribution < -0.4 is 0 Å². The van der Waals surface area contributed by atoms with Gasteiger partial charge in [-0.25, -0.2) is 0 Å². The fraction of sp³-hybridized carbons (Fsp3) is 0.500. The van der Waals surface area contributed by atoms with Crippen LogP contribution >= 0.6 is 0 Å². The molecule has 0 aliphatic heterocycles. The lowest BCUT2D eigenvalue weighted by Crippen LogP contribution is -1.64. The maximum Gasteiger partial charge on any atom is 0.212 e. The summed E-state index contributed by atoms with van der Waals surface area (Å²) in [5, 5.41) is 11.2. The third kappa shape index (κ3) is 1.45. The molecule has 2 nitrogen and oxygen atoms in total. The van der Waals surface area contributed by atoms with E-state index in [1.54, 1.807) is 6.07 Å². The first-order valence-electron chi connectivity index (χ1n) is 1.27. The summed E-state index contributed by atoms with van der Waals surface area (Å²) >= 11 is 0. The minimum Gasteiger partial charge on any atom is -0.381 e. The van der Waals surface area contributed by atoms with Crippen LogP contribution in [-0.4, -0.2) is 13.1 Å². The van der Waals surface area contributed by atoms with E-state index in [0.717, 1.165) is 0 Å². The van der Waals surface area contributed by atoms with Gasteiger partial charge in [-0.15, -0.1) is 0 Å². The second-order valence-corrected chi connectivity index (χ2v) is 0.302. The van der Waals surface area contributed by atoms with Crippen LogP contribution in [-0.2, 0) is 0 Å². The minimum absolute atomic E-state index is 0.139. The fourth-order valence-electron chi connectivity index (χ4n) is 0. The summed E-state index contributed by atoms with van der Waals surface area (Å²) in [6.45, 7) is -0.139. The zero-order valence-corrected chi connectivity index (χ0v) is 2.06. The Morgan fingerprint density at radius 3 is 3.25 bits per heavy atom. The van der Waals surface area contributed by atoms with Crippen LogP contribution in [0.1, 0.15) is 0 Å². The largest absolute Gasteiger partial charge is 0.381 e. The first-order valence-corrected chi connectivity index (χ1v) is 0.866. The highest BCUT2D eigenvalue weighted by Crippen LogP contribution is 1.34. The molecule has 1 N–H and O–H groups in total. The van der Waals surface area contributed by atoms with Gasteiger partial charge in [-0.05, 0) is 0 Å². The quantitative estimate of drug-likeness (QED) is 0.413. The lowest BCUT2D eigenvalue weighted by atomic mass is 10.9. The molecule has 0 heterocycles. The van der Waals surface area contributed by atoms with E-state index in [1.165, 1.54) is 0 Å². The van der Waals surface area contributed by atoms with E-state index in [4.69, 9.17) is 6.69 Å². The van der Waals surface area contributed by atoms with Crippen LogP contribution in [0.15, 0.2) is 0 Å². The van der Waals surface area contributed by atoms with Gasteiger partial charge in [0.15, 0.2) is 0 Å². The molecule has 0 saturated carbocycles. The Labute approximate surface area is 25.8 Å². The molecule has 22 valence electrons. The van der Waals surface area contributed by atoms with Crippen molar-refractivity contribution in [3.05, 3.63) is 0 Å². The molecule has 0 spiro atoms. The van der Waals surface area contributed by atoms with Crippen molar-refractivity contribution in [3.8, 4) is 6.07 Å². The van der Waals surface area contributed by atoms with Gasteiger partial charge in [-0.2, -0.15) is 5.26 Å². The van der Waals surface area contributed by atoms with E-state index in [0.29, 0.717) is 0 Å². The number of rotatable bonds is 1. The van der Waals surface area contributed by atoms with Gasteiger partial charge in [-0.3, -0.25) is 0 Å². The van der Waals surface area contributed by atoms with Crippen molar-refractivity contribution < 1.29 is 5.11 Å². The molecule has 0 fully saturated rings. The smallest absolute Gasteiger partial charge is 0.212 e. The summed E-state index contributed by atoms with van der Waals surface area (Å²) in [6, 6.07) is 1.61. The first-order chi connectivity index (χ1) is 2.41. The summed E-state index contributed by atoms with van der Waals surface area (Å²) in [5.41, 5.74) is 0. The maximum absolute atomic E-state index is 7.57. The molecule has 0 aliphatic rings. The zero-order chi connectivity index (χ0) is 4.12. The second kappa shape index (κ2) is 2.45. The molecule has 0 aromatic rings. The van der Waals surface area contributed by atoms with Crippen LogP contribution in [0.4, 0.5) is 0 Å². The normalized spacial score (nSPS) is 8.25. The Morgan fingerprint density at radius 1 is 2.50 bits per heavy atom. The average Bonchev–Trinajstić information content (AvgIpc) is 1.41. The first kappa shape index (κ1) is 1.74.